The molecule has 0 aromatic heterocycles. The van der Waals surface area contributed by atoms with Crippen molar-refractivity contribution in [1.82, 2.24) is 5.32 Å². The van der Waals surface area contributed by atoms with Gasteiger partial charge >= 0.3 is 12.4 Å². The average Bonchev–Trinajstić information content (AvgIpc) is 1.96. The number of nitrogens with one attached hydrogen (secondary N) is 1. The van der Waals surface area contributed by atoms with Crippen molar-refractivity contribution in [3.63, 3.8) is 0 Å². The zero-order valence-corrected chi connectivity index (χ0v) is 8.69. The number of alkyl halides is 6. The van der Waals surface area contributed by atoms with Crippen molar-refractivity contribution in [3.8, 4) is 0 Å². The van der Waals surface area contributed by atoms with Gasteiger partial charge in [0.1, 0.15) is 0 Å². The van der Waals surface area contributed by atoms with E-state index >= 15 is 0 Å². The van der Waals surface area contributed by atoms with Crippen LogP contribution in [-0.4, -0.2) is 36.0 Å². The first-order valence-electron chi connectivity index (χ1n) is 4.54. The third kappa shape index (κ3) is 5.24. The Bertz CT molecular complexity index is 248. The van der Waals surface area contributed by atoms with E-state index in [0.29, 0.717) is 0 Å². The van der Waals surface area contributed by atoms with Crippen molar-refractivity contribution in [2.45, 2.75) is 31.7 Å². The lowest BCUT2D eigenvalue weighted by molar-refractivity contribution is -0.274. The van der Waals surface area contributed by atoms with Crippen molar-refractivity contribution in [2.24, 2.45) is 5.92 Å². The molecule has 1 unspecified atom stereocenters. The quantitative estimate of drug-likeness (QED) is 0.760. The summed E-state index contributed by atoms with van der Waals surface area (Å²) in [5, 5.41) is 9.97. The summed E-state index contributed by atoms with van der Waals surface area (Å²) in [6.45, 7) is 0.738. The van der Waals surface area contributed by atoms with Crippen LogP contribution >= 0.6 is 0 Å². The number of hydrogen-bond acceptors (Lipinski definition) is 2. The second-order valence-corrected chi connectivity index (χ2v) is 3.44. The molecule has 0 aromatic carbocycles. The van der Waals surface area contributed by atoms with E-state index in [0.717, 1.165) is 0 Å². The molecule has 1 amide bonds. The highest BCUT2D eigenvalue weighted by Gasteiger charge is 2.61. The Morgan fingerprint density at radius 2 is 1.59 bits per heavy atom. The summed E-state index contributed by atoms with van der Waals surface area (Å²) in [7, 11) is 0. The van der Waals surface area contributed by atoms with E-state index < -0.39 is 36.8 Å². The zero-order chi connectivity index (χ0) is 13.9. The molecule has 9 heteroatoms. The highest BCUT2D eigenvalue weighted by atomic mass is 19.4. The van der Waals surface area contributed by atoms with Gasteiger partial charge in [-0.25, -0.2) is 0 Å². The number of aliphatic hydroxyl groups is 1. The van der Waals surface area contributed by atoms with Gasteiger partial charge in [-0.2, -0.15) is 26.3 Å². The van der Waals surface area contributed by atoms with Crippen molar-refractivity contribution in [3.05, 3.63) is 0 Å². The van der Waals surface area contributed by atoms with Gasteiger partial charge in [0.05, 0.1) is 0 Å². The smallest absolute Gasteiger partial charge is 0.396 e. The fourth-order valence-corrected chi connectivity index (χ4v) is 1.07. The standard InChI is InChI=1S/C8H11F6NO2/c1-4(2-3-16)15-6(17)5(7(9,10)11)8(12,13)14/h4-5,16H,2-3H2,1H3,(H,15,17). The topological polar surface area (TPSA) is 49.3 Å². The van der Waals surface area contributed by atoms with Gasteiger partial charge in [0, 0.05) is 12.6 Å². The molecule has 0 heterocycles. The van der Waals surface area contributed by atoms with E-state index in [4.69, 9.17) is 5.11 Å². The molecule has 3 nitrogen and oxygen atoms in total. The molecular formula is C8H11F6NO2. The summed E-state index contributed by atoms with van der Waals surface area (Å²) >= 11 is 0. The third-order valence-corrected chi connectivity index (χ3v) is 1.87. The zero-order valence-electron chi connectivity index (χ0n) is 8.69. The van der Waals surface area contributed by atoms with Crippen LogP contribution in [0.2, 0.25) is 0 Å². The number of rotatable bonds is 4. The lowest BCUT2D eigenvalue weighted by Crippen LogP contribution is -2.50. The maximum Gasteiger partial charge on any atom is 0.409 e. The largest absolute Gasteiger partial charge is 0.409 e. The maximum absolute atomic E-state index is 12.1. The predicted molar refractivity (Wildman–Crippen MR) is 44.9 cm³/mol. The number of amides is 1. The second kappa shape index (κ2) is 5.56. The minimum Gasteiger partial charge on any atom is -0.396 e. The summed E-state index contributed by atoms with van der Waals surface area (Å²) < 4.78 is 72.4. The molecule has 0 spiro atoms. The van der Waals surface area contributed by atoms with E-state index in [2.05, 4.69) is 0 Å². The lowest BCUT2D eigenvalue weighted by Gasteiger charge is -2.23. The van der Waals surface area contributed by atoms with Gasteiger partial charge in [-0.05, 0) is 13.3 Å². The van der Waals surface area contributed by atoms with Crippen molar-refractivity contribution < 1.29 is 36.2 Å². The van der Waals surface area contributed by atoms with Gasteiger partial charge in [-0.1, -0.05) is 0 Å². The lowest BCUT2D eigenvalue weighted by atomic mass is 10.1. The minimum absolute atomic E-state index is 0.131. The first kappa shape index (κ1) is 16.0. The monoisotopic (exact) mass is 267 g/mol. The van der Waals surface area contributed by atoms with Crippen LogP contribution < -0.4 is 5.32 Å². The highest BCUT2D eigenvalue weighted by Crippen LogP contribution is 2.39. The van der Waals surface area contributed by atoms with Gasteiger partial charge in [-0.3, -0.25) is 4.79 Å². The summed E-state index contributed by atoms with van der Waals surface area (Å²) in [5.41, 5.74) is 0. The fraction of sp³-hybridized carbons (Fsp3) is 0.875. The second-order valence-electron chi connectivity index (χ2n) is 3.44. The van der Waals surface area contributed by atoms with Gasteiger partial charge in [-0.15, -0.1) is 0 Å². The number of carbonyl (C=O) groups excluding carboxylic acids is 1. The Kier molecular flexibility index (Phi) is 5.24. The molecule has 0 saturated heterocycles. The molecule has 0 saturated carbocycles. The Labute approximate surface area is 92.8 Å². The van der Waals surface area contributed by atoms with Crippen LogP contribution in [-0.2, 0) is 4.79 Å². The van der Waals surface area contributed by atoms with Crippen LogP contribution in [0.1, 0.15) is 13.3 Å². The van der Waals surface area contributed by atoms with E-state index in [1.165, 1.54) is 6.92 Å². The van der Waals surface area contributed by atoms with Crippen LogP contribution in [0.5, 0.6) is 0 Å². The number of halogens is 6. The van der Waals surface area contributed by atoms with E-state index in [1.54, 1.807) is 5.32 Å². The average molecular weight is 267 g/mol. The Balaban J connectivity index is 4.80. The molecule has 0 aliphatic rings. The van der Waals surface area contributed by atoms with Gasteiger partial charge < -0.3 is 10.4 Å². The molecule has 0 fully saturated rings. The van der Waals surface area contributed by atoms with Gasteiger partial charge in [0.25, 0.3) is 0 Å². The number of carbonyl (C=O) groups is 1. The summed E-state index contributed by atoms with van der Waals surface area (Å²) in [6.07, 6.45) is -11.5. The van der Waals surface area contributed by atoms with E-state index in [9.17, 15) is 31.1 Å². The Morgan fingerprint density at radius 1 is 1.18 bits per heavy atom. The van der Waals surface area contributed by atoms with Crippen molar-refractivity contribution in [1.29, 1.82) is 0 Å². The number of aliphatic hydroxyl groups excluding tert-OH is 1. The molecule has 2 N–H and O–H groups in total. The molecule has 102 valence electrons. The van der Waals surface area contributed by atoms with Crippen LogP contribution in [0.4, 0.5) is 26.3 Å². The van der Waals surface area contributed by atoms with E-state index in [1.807, 2.05) is 0 Å². The third-order valence-electron chi connectivity index (χ3n) is 1.87. The molecule has 0 aliphatic heterocycles. The first-order chi connectivity index (χ1) is 7.50. The SMILES string of the molecule is CC(CCO)NC(=O)C(C(F)(F)F)C(F)(F)F. The molecular weight excluding hydrogens is 256 g/mol. The van der Waals surface area contributed by atoms with Crippen LogP contribution in [0.15, 0.2) is 0 Å². The normalized spacial score (nSPS) is 14.9. The molecule has 0 bridgehead atoms. The summed E-state index contributed by atoms with van der Waals surface area (Å²) in [4.78, 5) is 10.9. The molecule has 0 rings (SSSR count). The summed E-state index contributed by atoms with van der Waals surface area (Å²) in [6, 6.07) is -0.972. The number of hydrogen-bond donors (Lipinski definition) is 2. The van der Waals surface area contributed by atoms with Crippen molar-refractivity contribution >= 4 is 5.91 Å². The predicted octanol–water partition coefficient (Wildman–Crippen LogP) is 1.61. The van der Waals surface area contributed by atoms with Gasteiger partial charge in [0.15, 0.2) is 0 Å². The van der Waals surface area contributed by atoms with Crippen molar-refractivity contribution in [2.75, 3.05) is 6.61 Å². The molecule has 0 aromatic rings. The van der Waals surface area contributed by atoms with Gasteiger partial charge in [0.2, 0.25) is 11.8 Å². The fourth-order valence-electron chi connectivity index (χ4n) is 1.07. The van der Waals surface area contributed by atoms with Crippen LogP contribution in [0.25, 0.3) is 0 Å². The Morgan fingerprint density at radius 3 is 1.88 bits per heavy atom. The molecule has 17 heavy (non-hydrogen) atoms. The minimum atomic E-state index is -5.69. The highest BCUT2D eigenvalue weighted by molar-refractivity contribution is 5.80. The first-order valence-corrected chi connectivity index (χ1v) is 4.54. The Hall–Kier alpha value is -0.990. The van der Waals surface area contributed by atoms with E-state index in [-0.39, 0.29) is 6.42 Å². The molecule has 0 radical (unpaired) electrons. The van der Waals surface area contributed by atoms with Crippen LogP contribution in [0.3, 0.4) is 0 Å². The summed E-state index contributed by atoms with van der Waals surface area (Å²) in [5.74, 6) is -6.21. The maximum atomic E-state index is 12.1. The van der Waals surface area contributed by atoms with Crippen LogP contribution in [0, 0.1) is 5.92 Å². The molecule has 0 aliphatic carbocycles. The molecule has 1 atom stereocenters.